The summed E-state index contributed by atoms with van der Waals surface area (Å²) in [4.78, 5) is 22.5. The molecule has 1 aromatic carbocycles. The molecule has 0 atom stereocenters. The fourth-order valence-corrected chi connectivity index (χ4v) is 2.23. The first-order valence-corrected chi connectivity index (χ1v) is 5.91. The van der Waals surface area contributed by atoms with E-state index in [4.69, 9.17) is 39.5 Å². The van der Waals surface area contributed by atoms with Crippen LogP contribution in [-0.2, 0) is 0 Å². The Morgan fingerprint density at radius 2 is 1.95 bits per heavy atom. The summed E-state index contributed by atoms with van der Waals surface area (Å²) in [6.07, 6.45) is 0. The van der Waals surface area contributed by atoms with Crippen LogP contribution in [0, 0.1) is 0 Å². The van der Waals surface area contributed by atoms with Crippen LogP contribution in [0.1, 0.15) is 0 Å². The third kappa shape index (κ3) is 2.47. The molecule has 0 fully saturated rings. The number of carbonyl (C=O) groups excluding carboxylic acids is 1. The second-order valence-corrected chi connectivity index (χ2v) is 4.46. The van der Waals surface area contributed by atoms with E-state index in [2.05, 4.69) is 9.68 Å². The van der Waals surface area contributed by atoms with Gasteiger partial charge >= 0.3 is 11.1 Å². The molecule has 0 aliphatic heterocycles. The van der Waals surface area contributed by atoms with Crippen molar-refractivity contribution < 1.29 is 14.1 Å². The summed E-state index contributed by atoms with van der Waals surface area (Å²) in [5.41, 5.74) is 0.143. The Labute approximate surface area is 121 Å². The zero-order valence-electron chi connectivity index (χ0n) is 9.32. The van der Waals surface area contributed by atoms with E-state index < -0.39 is 11.1 Å². The summed E-state index contributed by atoms with van der Waals surface area (Å²) in [6.45, 7) is 0. The molecule has 0 aliphatic carbocycles. The predicted octanol–water partition coefficient (Wildman–Crippen LogP) is 3.03. The molecule has 0 unspecified atom stereocenters. The smallest absolute Gasteiger partial charge is 0.449 e. The Balaban J connectivity index is 2.73. The maximum absolute atomic E-state index is 11.3. The molecule has 0 amide bonds. The zero-order chi connectivity index (χ0) is 14.2. The molecule has 0 N–H and O–H groups in total. The fraction of sp³-hybridized carbons (Fsp3) is 0.100. The molecule has 0 saturated carbocycles. The van der Waals surface area contributed by atoms with Gasteiger partial charge in [-0.15, -0.1) is 0 Å². The van der Waals surface area contributed by atoms with E-state index in [1.165, 1.54) is 19.2 Å². The minimum absolute atomic E-state index is 0.129. The van der Waals surface area contributed by atoms with Gasteiger partial charge in [-0.3, -0.25) is 9.32 Å². The number of halogens is 3. The van der Waals surface area contributed by atoms with Gasteiger partial charge in [-0.05, 0) is 23.7 Å². The topological polar surface area (TPSA) is 74.3 Å². The predicted molar refractivity (Wildman–Crippen MR) is 69.4 cm³/mol. The van der Waals surface area contributed by atoms with Crippen molar-refractivity contribution in [3.8, 4) is 17.1 Å². The van der Waals surface area contributed by atoms with E-state index in [9.17, 15) is 9.59 Å². The Hall–Kier alpha value is -1.50. The monoisotopic (exact) mass is 322 g/mol. The van der Waals surface area contributed by atoms with E-state index in [1.807, 2.05) is 0 Å². The van der Waals surface area contributed by atoms with Crippen LogP contribution in [0.15, 0.2) is 21.5 Å². The number of benzene rings is 1. The molecule has 6 nitrogen and oxygen atoms in total. The van der Waals surface area contributed by atoms with Crippen LogP contribution in [0.5, 0.6) is 5.75 Å². The average molecular weight is 324 g/mol. The third-order valence-electron chi connectivity index (χ3n) is 2.26. The van der Waals surface area contributed by atoms with Crippen molar-refractivity contribution >= 4 is 40.2 Å². The number of rotatable bonds is 2. The lowest BCUT2D eigenvalue weighted by atomic mass is 10.2. The lowest BCUT2D eigenvalue weighted by Crippen LogP contribution is -2.18. The van der Waals surface area contributed by atoms with Gasteiger partial charge in [0.25, 0.3) is 0 Å². The van der Waals surface area contributed by atoms with Crippen molar-refractivity contribution in [1.29, 1.82) is 0 Å². The van der Waals surface area contributed by atoms with Gasteiger partial charge in [0.1, 0.15) is 5.75 Å². The molecule has 2 rings (SSSR count). The molecule has 9 heteroatoms. The van der Waals surface area contributed by atoms with Gasteiger partial charge in [0.05, 0.1) is 22.7 Å². The number of methoxy groups -OCH3 is 1. The number of carbonyl (C=O) groups is 1. The lowest BCUT2D eigenvalue weighted by Gasteiger charge is -2.07. The normalized spacial score (nSPS) is 10.5. The highest BCUT2D eigenvalue weighted by atomic mass is 35.5. The molecule has 0 bridgehead atoms. The Morgan fingerprint density at radius 1 is 1.37 bits per heavy atom. The van der Waals surface area contributed by atoms with Gasteiger partial charge in [-0.2, -0.15) is 4.57 Å². The molecule has 100 valence electrons. The molecular weight excluding hydrogens is 318 g/mol. The van der Waals surface area contributed by atoms with Crippen LogP contribution in [0.4, 0.5) is 4.79 Å². The highest BCUT2D eigenvalue weighted by molar-refractivity contribution is 6.63. The molecule has 0 spiro atoms. The number of ether oxygens (including phenoxy) is 1. The highest BCUT2D eigenvalue weighted by Gasteiger charge is 2.22. The van der Waals surface area contributed by atoms with Crippen LogP contribution in [0.2, 0.25) is 10.0 Å². The van der Waals surface area contributed by atoms with Crippen LogP contribution in [0.3, 0.4) is 0 Å². The van der Waals surface area contributed by atoms with Crippen LogP contribution in [0.25, 0.3) is 11.4 Å². The zero-order valence-corrected chi connectivity index (χ0v) is 11.6. The van der Waals surface area contributed by atoms with Crippen molar-refractivity contribution in [1.82, 2.24) is 9.72 Å². The van der Waals surface area contributed by atoms with Crippen LogP contribution in [-0.4, -0.2) is 22.2 Å². The summed E-state index contributed by atoms with van der Waals surface area (Å²) >= 11 is 17.3. The van der Waals surface area contributed by atoms with E-state index in [1.54, 1.807) is 0 Å². The summed E-state index contributed by atoms with van der Waals surface area (Å²) in [6, 6.07) is 2.90. The summed E-state index contributed by atoms with van der Waals surface area (Å²) in [5.74, 6) is -0.797. The van der Waals surface area contributed by atoms with Crippen LogP contribution < -0.4 is 10.5 Å². The maximum Gasteiger partial charge on any atom is 0.449 e. The Kier molecular flexibility index (Phi) is 3.84. The largest absolute Gasteiger partial charge is 0.497 e. The number of aromatic nitrogens is 2. The third-order valence-corrected chi connectivity index (χ3v) is 3.02. The van der Waals surface area contributed by atoms with Gasteiger partial charge in [-0.25, -0.2) is 4.79 Å². The molecule has 0 radical (unpaired) electrons. The Morgan fingerprint density at radius 3 is 2.42 bits per heavy atom. The second-order valence-electron chi connectivity index (χ2n) is 3.33. The van der Waals surface area contributed by atoms with Gasteiger partial charge < -0.3 is 4.74 Å². The molecule has 1 heterocycles. The molecule has 2 aromatic rings. The van der Waals surface area contributed by atoms with Gasteiger partial charge in [0, 0.05) is 0 Å². The first-order chi connectivity index (χ1) is 8.95. The molecule has 0 saturated heterocycles. The number of nitrogens with zero attached hydrogens (tertiary/aromatic N) is 2. The van der Waals surface area contributed by atoms with E-state index >= 15 is 0 Å². The summed E-state index contributed by atoms with van der Waals surface area (Å²) in [5, 5.41) is 2.62. The minimum atomic E-state index is -1.08. The van der Waals surface area contributed by atoms with Crippen molar-refractivity contribution in [2.75, 3.05) is 7.11 Å². The molecule has 0 aliphatic rings. The second kappa shape index (κ2) is 5.24. The molecule has 1 aromatic heterocycles. The number of hydrogen-bond acceptors (Lipinski definition) is 5. The quantitative estimate of drug-likeness (QED) is 0.794. The minimum Gasteiger partial charge on any atom is -0.497 e. The molecule has 19 heavy (non-hydrogen) atoms. The summed E-state index contributed by atoms with van der Waals surface area (Å²) in [7, 11) is 1.44. The first kappa shape index (κ1) is 13.9. The first-order valence-electron chi connectivity index (χ1n) is 4.77. The van der Waals surface area contributed by atoms with Gasteiger partial charge in [0.2, 0.25) is 0 Å². The van der Waals surface area contributed by atoms with Crippen molar-refractivity contribution in [3.63, 3.8) is 0 Å². The number of hydrogen-bond donors (Lipinski definition) is 0. The van der Waals surface area contributed by atoms with Crippen molar-refractivity contribution in [2.24, 2.45) is 0 Å². The van der Waals surface area contributed by atoms with E-state index in [0.29, 0.717) is 10.3 Å². The average Bonchev–Trinajstić information content (AvgIpc) is 2.70. The van der Waals surface area contributed by atoms with Gasteiger partial charge in [-0.1, -0.05) is 28.4 Å². The molecular formula is C10H5Cl3N2O4. The lowest BCUT2D eigenvalue weighted by molar-refractivity contribution is 0.259. The Bertz CT molecular complexity index is 684. The van der Waals surface area contributed by atoms with E-state index in [-0.39, 0.29) is 21.4 Å². The maximum atomic E-state index is 11.3. The van der Waals surface area contributed by atoms with E-state index in [0.717, 1.165) is 0 Å². The highest BCUT2D eigenvalue weighted by Crippen LogP contribution is 2.36. The van der Waals surface area contributed by atoms with Crippen molar-refractivity contribution in [2.45, 2.75) is 0 Å². The SMILES string of the molecule is COc1cc(Cl)c(-c2noc(=O)n2C(=O)Cl)c(Cl)c1. The van der Waals surface area contributed by atoms with Crippen LogP contribution >= 0.6 is 34.8 Å². The van der Waals surface area contributed by atoms with Gasteiger partial charge in [0.15, 0.2) is 5.82 Å². The standard InChI is InChI=1S/C10H5Cl3N2O4/c1-18-4-2-5(11)7(6(12)3-4)8-14-19-10(17)15(8)9(13)16/h2-3H,1H3. The summed E-state index contributed by atoms with van der Waals surface area (Å²) < 4.78 is 9.87. The van der Waals surface area contributed by atoms with Crippen molar-refractivity contribution in [3.05, 3.63) is 32.7 Å². The fourth-order valence-electron chi connectivity index (χ4n) is 1.44.